The molecule has 0 unspecified atom stereocenters. The minimum Gasteiger partial charge on any atom is -0.398 e. The van der Waals surface area contributed by atoms with Crippen molar-refractivity contribution in [2.75, 3.05) is 11.1 Å². The van der Waals surface area contributed by atoms with Crippen LogP contribution in [0.3, 0.4) is 0 Å². The van der Waals surface area contributed by atoms with Gasteiger partial charge in [-0.05, 0) is 29.8 Å². The lowest BCUT2D eigenvalue weighted by Gasteiger charge is -2.12. The molecule has 1 radical (unpaired) electrons. The second kappa shape index (κ2) is 5.40. The van der Waals surface area contributed by atoms with Crippen LogP contribution in [0.5, 0.6) is 0 Å². The average Bonchev–Trinajstić information content (AvgIpc) is 2.36. The molecule has 3 N–H and O–H groups in total. The Morgan fingerprint density at radius 3 is 2.55 bits per heavy atom. The van der Waals surface area contributed by atoms with E-state index in [1.807, 2.05) is 0 Å². The van der Waals surface area contributed by atoms with Gasteiger partial charge in [0.2, 0.25) is 0 Å². The maximum Gasteiger partial charge on any atom is 0.419 e. The Morgan fingerprint density at radius 2 is 1.90 bits per heavy atom. The lowest BCUT2D eigenvalue weighted by Crippen LogP contribution is -2.09. The van der Waals surface area contributed by atoms with Crippen LogP contribution in [0.2, 0.25) is 0 Å². The highest BCUT2D eigenvalue weighted by molar-refractivity contribution is 5.48. The summed E-state index contributed by atoms with van der Waals surface area (Å²) in [6.07, 6.45) is -4.71. The third-order valence-electron chi connectivity index (χ3n) is 2.66. The number of nitrogens with two attached hydrogens (primary N) is 1. The highest BCUT2D eigenvalue weighted by atomic mass is 19.4. The first-order chi connectivity index (χ1) is 9.36. The molecule has 0 aliphatic heterocycles. The Bertz CT molecular complexity index is 608. The Kier molecular flexibility index (Phi) is 3.83. The third-order valence-corrected chi connectivity index (χ3v) is 2.66. The highest BCUT2D eigenvalue weighted by Gasteiger charge is 2.34. The summed E-state index contributed by atoms with van der Waals surface area (Å²) in [5.74, 6) is -1.29. The Labute approximate surface area is 113 Å². The summed E-state index contributed by atoms with van der Waals surface area (Å²) in [6.45, 7) is 0.280. The van der Waals surface area contributed by atoms with E-state index in [1.165, 1.54) is 6.07 Å². The number of anilines is 2. The SMILES string of the molecule is Nc1[c]ccc(CNc2ccc(F)c(C(F)(F)F)c2)c1. The molecule has 0 aliphatic rings. The number of alkyl halides is 3. The third kappa shape index (κ3) is 3.40. The van der Waals surface area contributed by atoms with Gasteiger partial charge in [-0.1, -0.05) is 12.1 Å². The Hall–Kier alpha value is -2.24. The van der Waals surface area contributed by atoms with Crippen LogP contribution in [0, 0.1) is 11.9 Å². The number of rotatable bonds is 3. The van der Waals surface area contributed by atoms with Gasteiger partial charge >= 0.3 is 6.18 Å². The van der Waals surface area contributed by atoms with E-state index >= 15 is 0 Å². The molecule has 0 aromatic heterocycles. The molecule has 0 saturated carbocycles. The fraction of sp³-hybridized carbons (Fsp3) is 0.143. The maximum absolute atomic E-state index is 13.1. The van der Waals surface area contributed by atoms with Gasteiger partial charge in [0.05, 0.1) is 5.56 Å². The number of hydrogen-bond acceptors (Lipinski definition) is 2. The van der Waals surface area contributed by atoms with Crippen molar-refractivity contribution in [1.82, 2.24) is 0 Å². The zero-order valence-electron chi connectivity index (χ0n) is 10.3. The predicted molar refractivity (Wildman–Crippen MR) is 68.4 cm³/mol. The average molecular weight is 283 g/mol. The summed E-state index contributed by atoms with van der Waals surface area (Å²) in [6, 6.07) is 10.6. The molecule has 6 heteroatoms. The molecule has 0 bridgehead atoms. The number of nitrogen functional groups attached to an aromatic ring is 1. The first-order valence-corrected chi connectivity index (χ1v) is 5.73. The molecule has 105 valence electrons. The van der Waals surface area contributed by atoms with Gasteiger partial charge in [0.1, 0.15) is 5.82 Å². The molecule has 0 fully saturated rings. The quantitative estimate of drug-likeness (QED) is 0.663. The fourth-order valence-electron chi connectivity index (χ4n) is 1.70. The van der Waals surface area contributed by atoms with Crippen LogP contribution in [0.4, 0.5) is 28.9 Å². The van der Waals surface area contributed by atoms with Gasteiger partial charge in [0, 0.05) is 24.0 Å². The zero-order valence-corrected chi connectivity index (χ0v) is 10.3. The van der Waals surface area contributed by atoms with E-state index in [1.54, 1.807) is 18.2 Å². The van der Waals surface area contributed by atoms with Crippen LogP contribution >= 0.6 is 0 Å². The molecule has 0 amide bonds. The van der Waals surface area contributed by atoms with Gasteiger partial charge in [-0.3, -0.25) is 0 Å². The first-order valence-electron chi connectivity index (χ1n) is 5.73. The maximum atomic E-state index is 13.1. The second-order valence-electron chi connectivity index (χ2n) is 4.20. The van der Waals surface area contributed by atoms with E-state index in [2.05, 4.69) is 11.4 Å². The molecule has 2 aromatic rings. The monoisotopic (exact) mass is 283 g/mol. The van der Waals surface area contributed by atoms with Crippen molar-refractivity contribution in [1.29, 1.82) is 0 Å². The minimum atomic E-state index is -4.71. The predicted octanol–water partition coefficient (Wildman–Crippen LogP) is 3.84. The standard InChI is InChI=1S/C14H11F4N2/c15-13-5-4-11(7-12(13)14(16,17)18)20-8-9-2-1-3-10(19)6-9/h1-2,4-7,20H,8,19H2. The Balaban J connectivity index is 2.14. The van der Waals surface area contributed by atoms with Crippen LogP contribution in [-0.2, 0) is 12.7 Å². The van der Waals surface area contributed by atoms with E-state index in [-0.39, 0.29) is 12.2 Å². The molecule has 2 nitrogen and oxygen atoms in total. The van der Waals surface area contributed by atoms with E-state index in [9.17, 15) is 17.6 Å². The Morgan fingerprint density at radius 1 is 1.15 bits per heavy atom. The fourth-order valence-corrected chi connectivity index (χ4v) is 1.70. The molecule has 0 atom stereocenters. The largest absolute Gasteiger partial charge is 0.419 e. The van der Waals surface area contributed by atoms with Crippen molar-refractivity contribution < 1.29 is 17.6 Å². The summed E-state index contributed by atoms with van der Waals surface area (Å²) in [5, 5.41) is 2.79. The van der Waals surface area contributed by atoms with Gasteiger partial charge in [-0.2, -0.15) is 13.2 Å². The van der Waals surface area contributed by atoms with Gasteiger partial charge in [-0.15, -0.1) is 0 Å². The van der Waals surface area contributed by atoms with Gasteiger partial charge in [0.25, 0.3) is 0 Å². The van der Waals surface area contributed by atoms with Crippen molar-refractivity contribution in [2.45, 2.75) is 12.7 Å². The number of hydrogen-bond donors (Lipinski definition) is 2. The minimum absolute atomic E-state index is 0.185. The first kappa shape index (κ1) is 14.2. The molecule has 0 heterocycles. The molecule has 0 saturated heterocycles. The summed E-state index contributed by atoms with van der Waals surface area (Å²) in [5.41, 5.74) is 5.68. The molecule has 0 aliphatic carbocycles. The normalized spacial score (nSPS) is 11.4. The summed E-state index contributed by atoms with van der Waals surface area (Å²) in [7, 11) is 0. The van der Waals surface area contributed by atoms with Crippen molar-refractivity contribution in [3.63, 3.8) is 0 Å². The molecule has 0 spiro atoms. The van der Waals surface area contributed by atoms with E-state index in [4.69, 9.17) is 5.73 Å². The van der Waals surface area contributed by atoms with E-state index in [0.29, 0.717) is 5.69 Å². The van der Waals surface area contributed by atoms with Crippen LogP contribution < -0.4 is 11.1 Å². The van der Waals surface area contributed by atoms with Gasteiger partial charge < -0.3 is 11.1 Å². The summed E-state index contributed by atoms with van der Waals surface area (Å²) < 4.78 is 50.8. The van der Waals surface area contributed by atoms with Crippen LogP contribution in [0.25, 0.3) is 0 Å². The summed E-state index contributed by atoms with van der Waals surface area (Å²) in [4.78, 5) is 0. The van der Waals surface area contributed by atoms with Crippen molar-refractivity contribution in [3.8, 4) is 0 Å². The molecule has 2 aromatic carbocycles. The number of benzene rings is 2. The van der Waals surface area contributed by atoms with Gasteiger partial charge in [0.15, 0.2) is 0 Å². The lowest BCUT2D eigenvalue weighted by molar-refractivity contribution is -0.139. The van der Waals surface area contributed by atoms with Crippen LogP contribution in [0.15, 0.2) is 36.4 Å². The highest BCUT2D eigenvalue weighted by Crippen LogP contribution is 2.33. The van der Waals surface area contributed by atoms with E-state index < -0.39 is 17.6 Å². The number of nitrogens with one attached hydrogen (secondary N) is 1. The zero-order chi connectivity index (χ0) is 14.8. The van der Waals surface area contributed by atoms with Crippen LogP contribution in [-0.4, -0.2) is 0 Å². The van der Waals surface area contributed by atoms with Crippen molar-refractivity contribution in [2.24, 2.45) is 0 Å². The molecular weight excluding hydrogens is 272 g/mol. The van der Waals surface area contributed by atoms with Crippen LogP contribution in [0.1, 0.15) is 11.1 Å². The second-order valence-corrected chi connectivity index (χ2v) is 4.20. The van der Waals surface area contributed by atoms with Gasteiger partial charge in [-0.25, -0.2) is 4.39 Å². The van der Waals surface area contributed by atoms with E-state index in [0.717, 1.165) is 17.7 Å². The topological polar surface area (TPSA) is 38.0 Å². The summed E-state index contributed by atoms with van der Waals surface area (Å²) >= 11 is 0. The van der Waals surface area contributed by atoms with Crippen molar-refractivity contribution in [3.05, 3.63) is 59.4 Å². The molecule has 20 heavy (non-hydrogen) atoms. The lowest BCUT2D eigenvalue weighted by atomic mass is 10.1. The molecule has 2 rings (SSSR count). The number of halogens is 4. The smallest absolute Gasteiger partial charge is 0.398 e. The molecular formula is C14H11F4N2. The van der Waals surface area contributed by atoms with Crippen molar-refractivity contribution >= 4 is 11.4 Å².